The number of carbonyl (C=O) groups is 2. The molecule has 2 rings (SSSR count). The molecular weight excluding hydrogens is 278 g/mol. The highest BCUT2D eigenvalue weighted by atomic mass is 35.5. The zero-order chi connectivity index (χ0) is 14.5. The minimum absolute atomic E-state index is 0.265. The number of benzene rings is 1. The van der Waals surface area contributed by atoms with Gasteiger partial charge < -0.3 is 15.6 Å². The van der Waals surface area contributed by atoms with Gasteiger partial charge in [-0.2, -0.15) is 0 Å². The van der Waals surface area contributed by atoms with Gasteiger partial charge in [-0.05, 0) is 36.8 Å². The van der Waals surface area contributed by atoms with E-state index in [2.05, 4.69) is 15.6 Å². The van der Waals surface area contributed by atoms with Gasteiger partial charge in [0, 0.05) is 11.9 Å². The van der Waals surface area contributed by atoms with Crippen molar-refractivity contribution in [1.82, 2.24) is 10.3 Å². The second-order valence-corrected chi connectivity index (χ2v) is 4.72. The summed E-state index contributed by atoms with van der Waals surface area (Å²) in [6.45, 7) is 2.15. The van der Waals surface area contributed by atoms with E-state index < -0.39 is 11.8 Å². The van der Waals surface area contributed by atoms with Crippen molar-refractivity contribution in [3.63, 3.8) is 0 Å². The van der Waals surface area contributed by atoms with E-state index in [9.17, 15) is 9.59 Å². The number of aryl methyl sites for hydroxylation is 1. The smallest absolute Gasteiger partial charge is 0.313 e. The largest absolute Gasteiger partial charge is 0.364 e. The maximum Gasteiger partial charge on any atom is 0.313 e. The van der Waals surface area contributed by atoms with E-state index in [1.807, 2.05) is 19.1 Å². The monoisotopic (exact) mass is 291 g/mol. The Kier molecular flexibility index (Phi) is 4.42. The van der Waals surface area contributed by atoms with E-state index in [0.717, 1.165) is 11.3 Å². The van der Waals surface area contributed by atoms with Crippen LogP contribution in [-0.2, 0) is 16.1 Å². The maximum atomic E-state index is 11.7. The lowest BCUT2D eigenvalue weighted by Crippen LogP contribution is -2.35. The van der Waals surface area contributed by atoms with E-state index in [-0.39, 0.29) is 6.54 Å². The van der Waals surface area contributed by atoms with Crippen LogP contribution in [0.2, 0.25) is 5.02 Å². The first-order valence-electron chi connectivity index (χ1n) is 6.04. The van der Waals surface area contributed by atoms with Crippen molar-refractivity contribution in [3.8, 4) is 0 Å². The van der Waals surface area contributed by atoms with Gasteiger partial charge in [0.1, 0.15) is 0 Å². The molecule has 0 aliphatic rings. The SMILES string of the molecule is Cc1ccc(NC(=O)C(=O)NCc2ccc[nH]2)c(Cl)c1. The predicted molar refractivity (Wildman–Crippen MR) is 77.5 cm³/mol. The second-order valence-electron chi connectivity index (χ2n) is 4.32. The molecule has 6 heteroatoms. The van der Waals surface area contributed by atoms with Crippen LogP contribution in [0.25, 0.3) is 0 Å². The third-order valence-electron chi connectivity index (χ3n) is 2.68. The van der Waals surface area contributed by atoms with Crippen molar-refractivity contribution in [2.24, 2.45) is 0 Å². The number of H-pyrrole nitrogens is 1. The number of carbonyl (C=O) groups excluding carboxylic acids is 2. The second kappa shape index (κ2) is 6.25. The Morgan fingerprint density at radius 2 is 2.05 bits per heavy atom. The molecule has 0 radical (unpaired) electrons. The fraction of sp³-hybridized carbons (Fsp3) is 0.143. The molecule has 1 heterocycles. The van der Waals surface area contributed by atoms with E-state index in [1.54, 1.807) is 24.4 Å². The highest BCUT2D eigenvalue weighted by Crippen LogP contribution is 2.22. The zero-order valence-corrected chi connectivity index (χ0v) is 11.6. The molecule has 0 atom stereocenters. The van der Waals surface area contributed by atoms with Crippen LogP contribution in [0.3, 0.4) is 0 Å². The van der Waals surface area contributed by atoms with Gasteiger partial charge in [0.05, 0.1) is 17.3 Å². The molecule has 0 spiro atoms. The Morgan fingerprint density at radius 1 is 1.25 bits per heavy atom. The molecule has 2 aromatic rings. The minimum atomic E-state index is -0.748. The fourth-order valence-corrected chi connectivity index (χ4v) is 1.92. The molecule has 5 nitrogen and oxygen atoms in total. The van der Waals surface area contributed by atoms with Gasteiger partial charge in [0.2, 0.25) is 0 Å². The lowest BCUT2D eigenvalue weighted by molar-refractivity contribution is -0.136. The number of aromatic nitrogens is 1. The van der Waals surface area contributed by atoms with Crippen LogP contribution in [0.5, 0.6) is 0 Å². The first-order valence-corrected chi connectivity index (χ1v) is 6.41. The van der Waals surface area contributed by atoms with Crippen molar-refractivity contribution < 1.29 is 9.59 Å². The molecule has 1 aromatic carbocycles. The van der Waals surface area contributed by atoms with E-state index in [0.29, 0.717) is 10.7 Å². The van der Waals surface area contributed by atoms with Crippen molar-refractivity contribution in [2.75, 3.05) is 5.32 Å². The average Bonchev–Trinajstić information content (AvgIpc) is 2.92. The molecule has 1 aromatic heterocycles. The highest BCUT2D eigenvalue weighted by Gasteiger charge is 2.14. The Balaban J connectivity index is 1.92. The van der Waals surface area contributed by atoms with Crippen molar-refractivity contribution in [1.29, 1.82) is 0 Å². The molecule has 0 saturated carbocycles. The first-order chi connectivity index (χ1) is 9.56. The quantitative estimate of drug-likeness (QED) is 0.759. The summed E-state index contributed by atoms with van der Waals surface area (Å²) < 4.78 is 0. The van der Waals surface area contributed by atoms with Crippen molar-refractivity contribution >= 4 is 29.1 Å². The van der Waals surface area contributed by atoms with E-state index in [4.69, 9.17) is 11.6 Å². The van der Waals surface area contributed by atoms with Crippen LogP contribution in [0, 0.1) is 6.92 Å². The topological polar surface area (TPSA) is 74.0 Å². The van der Waals surface area contributed by atoms with Gasteiger partial charge in [-0.25, -0.2) is 0 Å². The van der Waals surface area contributed by atoms with Gasteiger partial charge in [-0.3, -0.25) is 9.59 Å². The van der Waals surface area contributed by atoms with E-state index in [1.165, 1.54) is 0 Å². The first kappa shape index (κ1) is 14.1. The molecule has 0 aliphatic carbocycles. The Morgan fingerprint density at radius 3 is 2.70 bits per heavy atom. The average molecular weight is 292 g/mol. The number of aromatic amines is 1. The summed E-state index contributed by atoms with van der Waals surface area (Å²) in [6.07, 6.45) is 1.74. The van der Waals surface area contributed by atoms with Crippen LogP contribution in [0.4, 0.5) is 5.69 Å². The summed E-state index contributed by atoms with van der Waals surface area (Å²) >= 11 is 5.99. The molecule has 0 aliphatic heterocycles. The lowest BCUT2D eigenvalue weighted by Gasteiger charge is -2.08. The molecule has 0 saturated heterocycles. The molecule has 0 fully saturated rings. The molecule has 0 unspecified atom stereocenters. The van der Waals surface area contributed by atoms with Crippen molar-refractivity contribution in [3.05, 3.63) is 52.8 Å². The van der Waals surface area contributed by atoms with Crippen LogP contribution >= 0.6 is 11.6 Å². The molecule has 104 valence electrons. The van der Waals surface area contributed by atoms with Crippen LogP contribution < -0.4 is 10.6 Å². The summed E-state index contributed by atoms with van der Waals surface area (Å²) in [5.41, 5.74) is 2.21. The van der Waals surface area contributed by atoms with Crippen LogP contribution in [0.15, 0.2) is 36.5 Å². The third-order valence-corrected chi connectivity index (χ3v) is 2.99. The van der Waals surface area contributed by atoms with Gasteiger partial charge in [-0.15, -0.1) is 0 Å². The number of nitrogens with one attached hydrogen (secondary N) is 3. The maximum absolute atomic E-state index is 11.7. The number of anilines is 1. The highest BCUT2D eigenvalue weighted by molar-refractivity contribution is 6.41. The Labute approximate surface area is 121 Å². The molecular formula is C14H14ClN3O2. The lowest BCUT2D eigenvalue weighted by atomic mass is 10.2. The van der Waals surface area contributed by atoms with Gasteiger partial charge >= 0.3 is 11.8 Å². The van der Waals surface area contributed by atoms with Gasteiger partial charge in [-0.1, -0.05) is 17.7 Å². The normalized spacial score (nSPS) is 10.1. The number of hydrogen-bond acceptors (Lipinski definition) is 2. The minimum Gasteiger partial charge on any atom is -0.364 e. The Bertz CT molecular complexity index is 623. The van der Waals surface area contributed by atoms with Gasteiger partial charge in [0.15, 0.2) is 0 Å². The van der Waals surface area contributed by atoms with E-state index >= 15 is 0 Å². The molecule has 0 bridgehead atoms. The summed E-state index contributed by atoms with van der Waals surface area (Å²) in [5.74, 6) is -1.46. The standard InChI is InChI=1S/C14H14ClN3O2/c1-9-4-5-12(11(15)7-9)18-14(20)13(19)17-8-10-3-2-6-16-10/h2-7,16H,8H2,1H3,(H,17,19)(H,18,20). The summed E-state index contributed by atoms with van der Waals surface area (Å²) in [4.78, 5) is 26.3. The number of hydrogen-bond donors (Lipinski definition) is 3. The molecule has 3 N–H and O–H groups in total. The summed E-state index contributed by atoms with van der Waals surface area (Å²) in [7, 11) is 0. The third kappa shape index (κ3) is 3.61. The number of rotatable bonds is 3. The fourth-order valence-electron chi connectivity index (χ4n) is 1.63. The molecule has 20 heavy (non-hydrogen) atoms. The van der Waals surface area contributed by atoms with Crippen molar-refractivity contribution in [2.45, 2.75) is 13.5 Å². The van der Waals surface area contributed by atoms with Crippen LogP contribution in [0.1, 0.15) is 11.3 Å². The number of halogens is 1. The molecule has 2 amide bonds. The summed E-state index contributed by atoms with van der Waals surface area (Å²) in [5, 5.41) is 5.38. The van der Waals surface area contributed by atoms with Crippen LogP contribution in [-0.4, -0.2) is 16.8 Å². The zero-order valence-electron chi connectivity index (χ0n) is 10.9. The summed E-state index contributed by atoms with van der Waals surface area (Å²) in [6, 6.07) is 8.81. The van der Waals surface area contributed by atoms with Gasteiger partial charge in [0.25, 0.3) is 0 Å². The Hall–Kier alpha value is -2.27. The number of amides is 2. The predicted octanol–water partition coefficient (Wildman–Crippen LogP) is 2.23.